The summed E-state index contributed by atoms with van der Waals surface area (Å²) in [5.41, 5.74) is 1.79. The second-order valence-electron chi connectivity index (χ2n) is 6.12. The van der Waals surface area contributed by atoms with Crippen LogP contribution >= 0.6 is 0 Å². The molecule has 22 heavy (non-hydrogen) atoms. The molecule has 1 saturated heterocycles. The minimum absolute atomic E-state index is 0.171. The molecule has 0 spiro atoms. The zero-order valence-corrected chi connectivity index (χ0v) is 14.1. The van der Waals surface area contributed by atoms with Gasteiger partial charge in [0, 0.05) is 25.2 Å². The summed E-state index contributed by atoms with van der Waals surface area (Å²) in [7, 11) is -3.10. The Morgan fingerprint density at radius 1 is 1.36 bits per heavy atom. The van der Waals surface area contributed by atoms with E-state index >= 15 is 0 Å². The van der Waals surface area contributed by atoms with Gasteiger partial charge in [-0.05, 0) is 37.0 Å². The van der Waals surface area contributed by atoms with E-state index in [9.17, 15) is 8.42 Å². The van der Waals surface area contributed by atoms with Crippen LogP contribution in [-0.4, -0.2) is 38.1 Å². The van der Waals surface area contributed by atoms with Crippen LogP contribution in [0.5, 0.6) is 0 Å². The second-order valence-corrected chi connectivity index (χ2v) is 8.10. The molecule has 1 N–H and O–H groups in total. The van der Waals surface area contributed by atoms with Crippen LogP contribution < -0.4 is 5.32 Å². The summed E-state index contributed by atoms with van der Waals surface area (Å²) in [5, 5.41) is 12.4. The summed E-state index contributed by atoms with van der Waals surface area (Å²) in [4.78, 5) is 0. The van der Waals surface area contributed by atoms with Gasteiger partial charge in [0.05, 0.1) is 17.9 Å². The third kappa shape index (κ3) is 4.07. The van der Waals surface area contributed by atoms with E-state index < -0.39 is 10.0 Å². The maximum absolute atomic E-state index is 11.6. The molecule has 1 aromatic rings. The Bertz CT molecular complexity index is 649. The number of hydrogen-bond donors (Lipinski definition) is 1. The Labute approximate surface area is 133 Å². The van der Waals surface area contributed by atoms with E-state index in [0.29, 0.717) is 24.7 Å². The zero-order valence-electron chi connectivity index (χ0n) is 13.3. The molecular formula is C16H23N3O2S. The molecule has 1 aromatic carbocycles. The van der Waals surface area contributed by atoms with Crippen LogP contribution in [0.15, 0.2) is 24.3 Å². The summed E-state index contributed by atoms with van der Waals surface area (Å²) in [6.07, 6.45) is 2.09. The number of sulfonamides is 1. The average molecular weight is 321 g/mol. The molecule has 1 aliphatic heterocycles. The van der Waals surface area contributed by atoms with Crippen LogP contribution in [-0.2, 0) is 10.0 Å². The van der Waals surface area contributed by atoms with Gasteiger partial charge < -0.3 is 5.32 Å². The van der Waals surface area contributed by atoms with Gasteiger partial charge in [-0.3, -0.25) is 0 Å². The minimum Gasteiger partial charge on any atom is -0.307 e. The van der Waals surface area contributed by atoms with Crippen molar-refractivity contribution >= 4 is 10.0 Å². The molecule has 0 unspecified atom stereocenters. The predicted octanol–water partition coefficient (Wildman–Crippen LogP) is 1.88. The van der Waals surface area contributed by atoms with Gasteiger partial charge in [-0.2, -0.15) is 5.26 Å². The van der Waals surface area contributed by atoms with Crippen LogP contribution in [0.1, 0.15) is 37.4 Å². The van der Waals surface area contributed by atoms with Crippen molar-refractivity contribution in [1.82, 2.24) is 9.62 Å². The molecular weight excluding hydrogens is 298 g/mol. The Kier molecular flexibility index (Phi) is 5.22. The van der Waals surface area contributed by atoms with Gasteiger partial charge in [0.25, 0.3) is 0 Å². The lowest BCUT2D eigenvalue weighted by molar-refractivity contribution is 0.210. The number of benzene rings is 1. The summed E-state index contributed by atoms with van der Waals surface area (Å²) in [6.45, 7) is 5.31. The molecule has 1 heterocycles. The molecule has 2 rings (SSSR count). The highest BCUT2D eigenvalue weighted by Gasteiger charge is 2.31. The highest BCUT2D eigenvalue weighted by Crippen LogP contribution is 2.22. The maximum atomic E-state index is 11.6. The Morgan fingerprint density at radius 2 is 2.00 bits per heavy atom. The van der Waals surface area contributed by atoms with E-state index in [1.807, 2.05) is 24.3 Å². The summed E-state index contributed by atoms with van der Waals surface area (Å²) in [5.74, 6) is 0.268. The molecule has 0 amide bonds. The van der Waals surface area contributed by atoms with Crippen molar-refractivity contribution in [2.24, 2.45) is 5.92 Å². The first-order valence-corrected chi connectivity index (χ1v) is 9.37. The van der Waals surface area contributed by atoms with Gasteiger partial charge in [-0.1, -0.05) is 19.1 Å². The van der Waals surface area contributed by atoms with E-state index in [2.05, 4.69) is 25.2 Å². The Morgan fingerprint density at radius 3 is 2.50 bits per heavy atom. The SMILES string of the molecule is C[C@H](N[C@H]1CCN(S(C)(=O)=O)C[C@H]1C)c1ccc(C#N)cc1. The van der Waals surface area contributed by atoms with Crippen LogP contribution in [0.3, 0.4) is 0 Å². The second kappa shape index (κ2) is 6.78. The first kappa shape index (κ1) is 16.9. The molecule has 120 valence electrons. The van der Waals surface area contributed by atoms with Crippen molar-refractivity contribution < 1.29 is 8.42 Å². The molecule has 3 atom stereocenters. The minimum atomic E-state index is -3.10. The predicted molar refractivity (Wildman–Crippen MR) is 86.7 cm³/mol. The number of rotatable bonds is 4. The van der Waals surface area contributed by atoms with Crippen LogP contribution in [0.25, 0.3) is 0 Å². The lowest BCUT2D eigenvalue weighted by Crippen LogP contribution is -2.50. The fourth-order valence-electron chi connectivity index (χ4n) is 2.92. The van der Waals surface area contributed by atoms with Crippen LogP contribution in [0, 0.1) is 17.2 Å². The van der Waals surface area contributed by atoms with Crippen molar-refractivity contribution in [2.75, 3.05) is 19.3 Å². The first-order valence-electron chi connectivity index (χ1n) is 7.52. The zero-order chi connectivity index (χ0) is 16.3. The maximum Gasteiger partial charge on any atom is 0.211 e. The number of nitrogens with one attached hydrogen (secondary N) is 1. The monoisotopic (exact) mass is 321 g/mol. The molecule has 0 aromatic heterocycles. The van der Waals surface area contributed by atoms with E-state index in [0.717, 1.165) is 12.0 Å². The van der Waals surface area contributed by atoms with E-state index in [-0.39, 0.29) is 12.0 Å². The number of nitrogens with zero attached hydrogens (tertiary/aromatic N) is 2. The lowest BCUT2D eigenvalue weighted by atomic mass is 9.93. The fourth-order valence-corrected chi connectivity index (χ4v) is 3.86. The summed E-state index contributed by atoms with van der Waals surface area (Å²) >= 11 is 0. The number of hydrogen-bond acceptors (Lipinski definition) is 4. The van der Waals surface area contributed by atoms with E-state index in [1.54, 1.807) is 4.31 Å². The lowest BCUT2D eigenvalue weighted by Gasteiger charge is -2.37. The summed E-state index contributed by atoms with van der Waals surface area (Å²) in [6, 6.07) is 10.2. The number of piperidine rings is 1. The van der Waals surface area contributed by atoms with Gasteiger partial charge in [-0.15, -0.1) is 0 Å². The molecule has 0 aliphatic carbocycles. The van der Waals surface area contributed by atoms with Crippen molar-refractivity contribution in [3.05, 3.63) is 35.4 Å². The third-order valence-electron chi connectivity index (χ3n) is 4.34. The largest absolute Gasteiger partial charge is 0.307 e. The molecule has 1 fully saturated rings. The van der Waals surface area contributed by atoms with E-state index in [1.165, 1.54) is 6.26 Å². The Balaban J connectivity index is 1.97. The molecule has 0 bridgehead atoms. The van der Waals surface area contributed by atoms with Crippen LogP contribution in [0.2, 0.25) is 0 Å². The Hall–Kier alpha value is -1.42. The van der Waals surface area contributed by atoms with Crippen molar-refractivity contribution in [1.29, 1.82) is 5.26 Å². The van der Waals surface area contributed by atoms with Gasteiger partial charge in [-0.25, -0.2) is 12.7 Å². The van der Waals surface area contributed by atoms with Gasteiger partial charge in [0.2, 0.25) is 10.0 Å². The normalized spacial score (nSPS) is 24.6. The topological polar surface area (TPSA) is 73.2 Å². The smallest absolute Gasteiger partial charge is 0.211 e. The standard InChI is InChI=1S/C16H23N3O2S/c1-12-11-19(22(3,20)21)9-8-16(12)18-13(2)15-6-4-14(10-17)5-7-15/h4-7,12-13,16,18H,8-9,11H2,1-3H3/t12-,13+,16+/m1/s1. The highest BCUT2D eigenvalue weighted by molar-refractivity contribution is 7.88. The highest BCUT2D eigenvalue weighted by atomic mass is 32.2. The van der Waals surface area contributed by atoms with Gasteiger partial charge in [0.15, 0.2) is 0 Å². The molecule has 0 radical (unpaired) electrons. The van der Waals surface area contributed by atoms with Crippen molar-refractivity contribution in [3.63, 3.8) is 0 Å². The molecule has 0 saturated carbocycles. The summed E-state index contributed by atoms with van der Waals surface area (Å²) < 4.78 is 24.8. The average Bonchev–Trinajstić information content (AvgIpc) is 2.48. The molecule has 6 heteroatoms. The molecule has 5 nitrogen and oxygen atoms in total. The number of nitriles is 1. The quantitative estimate of drug-likeness (QED) is 0.919. The first-order chi connectivity index (χ1) is 10.3. The van der Waals surface area contributed by atoms with Gasteiger partial charge >= 0.3 is 0 Å². The van der Waals surface area contributed by atoms with Crippen molar-refractivity contribution in [3.8, 4) is 6.07 Å². The van der Waals surface area contributed by atoms with Crippen LogP contribution in [0.4, 0.5) is 0 Å². The fraction of sp³-hybridized carbons (Fsp3) is 0.562. The molecule has 1 aliphatic rings. The van der Waals surface area contributed by atoms with Crippen molar-refractivity contribution in [2.45, 2.75) is 32.4 Å². The third-order valence-corrected chi connectivity index (χ3v) is 5.61. The van der Waals surface area contributed by atoms with Gasteiger partial charge in [0.1, 0.15) is 0 Å². The van der Waals surface area contributed by atoms with E-state index in [4.69, 9.17) is 5.26 Å².